The summed E-state index contributed by atoms with van der Waals surface area (Å²) in [6.07, 6.45) is -2.63. The van der Waals surface area contributed by atoms with Crippen LogP contribution in [-0.2, 0) is 5.54 Å². The van der Waals surface area contributed by atoms with Gasteiger partial charge in [-0.05, 0) is 24.6 Å². The number of benzene rings is 1. The number of hydrogen-bond donors (Lipinski definition) is 2. The number of alkyl halides is 2. The quantitative estimate of drug-likeness (QED) is 0.742. The van der Waals surface area contributed by atoms with Gasteiger partial charge in [0.1, 0.15) is 5.75 Å². The van der Waals surface area contributed by atoms with E-state index < -0.39 is 12.0 Å². The molecule has 1 unspecified atom stereocenters. The summed E-state index contributed by atoms with van der Waals surface area (Å²) in [5.74, 6) is 0.0359. The van der Waals surface area contributed by atoms with E-state index in [0.717, 1.165) is 0 Å². The molecule has 0 heterocycles. The van der Waals surface area contributed by atoms with Crippen LogP contribution in [-0.4, -0.2) is 11.5 Å². The first kappa shape index (κ1) is 9.92. The largest absolute Gasteiger partial charge is 0.508 e. The Bertz CT molecular complexity index is 282. The fourth-order valence-electron chi connectivity index (χ4n) is 0.947. The number of aromatic hydroxyl groups is 1. The maximum Gasteiger partial charge on any atom is 0.260 e. The van der Waals surface area contributed by atoms with Crippen LogP contribution in [0.1, 0.15) is 12.5 Å². The third-order valence-electron chi connectivity index (χ3n) is 1.94. The van der Waals surface area contributed by atoms with Crippen molar-refractivity contribution in [2.75, 3.05) is 0 Å². The van der Waals surface area contributed by atoms with E-state index in [1.807, 2.05) is 0 Å². The minimum Gasteiger partial charge on any atom is -0.508 e. The summed E-state index contributed by atoms with van der Waals surface area (Å²) >= 11 is 0. The fourth-order valence-corrected chi connectivity index (χ4v) is 0.947. The number of nitrogens with two attached hydrogens (primary N) is 1. The molecule has 4 heteroatoms. The lowest BCUT2D eigenvalue weighted by Crippen LogP contribution is -2.40. The Morgan fingerprint density at radius 2 is 1.77 bits per heavy atom. The number of phenolic OH excluding ortho intramolecular Hbond substituents is 1. The van der Waals surface area contributed by atoms with Crippen molar-refractivity contribution in [2.24, 2.45) is 5.73 Å². The highest BCUT2D eigenvalue weighted by atomic mass is 19.3. The van der Waals surface area contributed by atoms with E-state index in [9.17, 15) is 8.78 Å². The zero-order valence-corrected chi connectivity index (χ0v) is 7.17. The summed E-state index contributed by atoms with van der Waals surface area (Å²) in [5, 5.41) is 8.93. The van der Waals surface area contributed by atoms with Crippen LogP contribution in [0, 0.1) is 0 Å². The summed E-state index contributed by atoms with van der Waals surface area (Å²) in [5.41, 5.74) is 4.05. The number of phenols is 1. The monoisotopic (exact) mass is 187 g/mol. The van der Waals surface area contributed by atoms with E-state index in [-0.39, 0.29) is 5.75 Å². The van der Waals surface area contributed by atoms with Crippen LogP contribution < -0.4 is 5.73 Å². The van der Waals surface area contributed by atoms with Gasteiger partial charge in [-0.25, -0.2) is 8.78 Å². The second-order valence-corrected chi connectivity index (χ2v) is 3.13. The molecule has 72 valence electrons. The van der Waals surface area contributed by atoms with Crippen LogP contribution in [0.5, 0.6) is 5.75 Å². The molecule has 0 saturated carbocycles. The first-order chi connectivity index (χ1) is 5.94. The number of halogens is 2. The molecule has 0 amide bonds. The summed E-state index contributed by atoms with van der Waals surface area (Å²) in [7, 11) is 0. The van der Waals surface area contributed by atoms with E-state index in [4.69, 9.17) is 10.8 Å². The van der Waals surface area contributed by atoms with Crippen molar-refractivity contribution >= 4 is 0 Å². The minimum absolute atomic E-state index is 0.0359. The Morgan fingerprint density at radius 1 is 1.31 bits per heavy atom. The van der Waals surface area contributed by atoms with Crippen molar-refractivity contribution in [1.29, 1.82) is 0 Å². The summed E-state index contributed by atoms with van der Waals surface area (Å²) < 4.78 is 24.8. The Morgan fingerprint density at radius 3 is 2.15 bits per heavy atom. The topological polar surface area (TPSA) is 46.2 Å². The lowest BCUT2D eigenvalue weighted by molar-refractivity contribution is 0.0625. The molecular weight excluding hydrogens is 176 g/mol. The van der Waals surface area contributed by atoms with Gasteiger partial charge in [-0.15, -0.1) is 0 Å². The van der Waals surface area contributed by atoms with E-state index >= 15 is 0 Å². The third-order valence-corrected chi connectivity index (χ3v) is 1.94. The van der Waals surface area contributed by atoms with Gasteiger partial charge in [-0.1, -0.05) is 12.1 Å². The molecular formula is C9H11F2NO. The second kappa shape index (κ2) is 3.30. The van der Waals surface area contributed by atoms with Crippen molar-refractivity contribution < 1.29 is 13.9 Å². The molecule has 0 aromatic heterocycles. The normalized spacial score (nSPS) is 15.8. The fraction of sp³-hybridized carbons (Fsp3) is 0.333. The van der Waals surface area contributed by atoms with Gasteiger partial charge < -0.3 is 10.8 Å². The van der Waals surface area contributed by atoms with Gasteiger partial charge in [-0.3, -0.25) is 0 Å². The molecule has 13 heavy (non-hydrogen) atoms. The molecule has 0 aliphatic rings. The van der Waals surface area contributed by atoms with Crippen LogP contribution in [0.2, 0.25) is 0 Å². The standard InChI is InChI=1S/C9H11F2NO/c1-9(12,8(10)11)6-2-4-7(13)5-3-6/h2-5,8,13H,12H2,1H3. The molecule has 1 aromatic rings. The second-order valence-electron chi connectivity index (χ2n) is 3.13. The Hall–Kier alpha value is -1.16. The van der Waals surface area contributed by atoms with Gasteiger partial charge in [0.25, 0.3) is 6.43 Å². The van der Waals surface area contributed by atoms with E-state index in [2.05, 4.69) is 0 Å². The predicted molar refractivity (Wildman–Crippen MR) is 45.7 cm³/mol. The van der Waals surface area contributed by atoms with Crippen LogP contribution in [0.25, 0.3) is 0 Å². The van der Waals surface area contributed by atoms with Crippen molar-refractivity contribution in [3.63, 3.8) is 0 Å². The molecule has 2 nitrogen and oxygen atoms in total. The average Bonchev–Trinajstić information content (AvgIpc) is 2.04. The molecule has 0 spiro atoms. The highest BCUT2D eigenvalue weighted by Gasteiger charge is 2.31. The van der Waals surface area contributed by atoms with E-state index in [0.29, 0.717) is 5.56 Å². The number of rotatable bonds is 2. The minimum atomic E-state index is -2.63. The van der Waals surface area contributed by atoms with Gasteiger partial charge in [0, 0.05) is 0 Å². The van der Waals surface area contributed by atoms with Crippen LogP contribution in [0.4, 0.5) is 8.78 Å². The highest BCUT2D eigenvalue weighted by Crippen LogP contribution is 2.26. The van der Waals surface area contributed by atoms with Crippen molar-refractivity contribution in [1.82, 2.24) is 0 Å². The molecule has 0 fully saturated rings. The van der Waals surface area contributed by atoms with Crippen LogP contribution in [0.15, 0.2) is 24.3 Å². The smallest absolute Gasteiger partial charge is 0.260 e. The summed E-state index contributed by atoms with van der Waals surface area (Å²) in [6, 6.07) is 5.45. The van der Waals surface area contributed by atoms with Gasteiger partial charge in [0.15, 0.2) is 0 Å². The highest BCUT2D eigenvalue weighted by molar-refractivity contribution is 5.30. The van der Waals surface area contributed by atoms with Gasteiger partial charge >= 0.3 is 0 Å². The van der Waals surface area contributed by atoms with E-state index in [1.54, 1.807) is 0 Å². The Labute approximate surface area is 75.0 Å². The van der Waals surface area contributed by atoms with Gasteiger partial charge in [0.05, 0.1) is 5.54 Å². The lowest BCUT2D eigenvalue weighted by atomic mass is 9.94. The lowest BCUT2D eigenvalue weighted by Gasteiger charge is -2.23. The molecule has 0 bridgehead atoms. The molecule has 1 atom stereocenters. The first-order valence-electron chi connectivity index (χ1n) is 3.81. The molecule has 0 radical (unpaired) electrons. The molecule has 0 saturated heterocycles. The van der Waals surface area contributed by atoms with E-state index in [1.165, 1.54) is 31.2 Å². The summed E-state index contributed by atoms with van der Waals surface area (Å²) in [6.45, 7) is 1.25. The van der Waals surface area contributed by atoms with Crippen molar-refractivity contribution in [3.8, 4) is 5.75 Å². The van der Waals surface area contributed by atoms with Crippen LogP contribution in [0.3, 0.4) is 0 Å². The molecule has 3 N–H and O–H groups in total. The molecule has 0 aliphatic heterocycles. The maximum atomic E-state index is 12.4. The average molecular weight is 187 g/mol. The molecule has 1 rings (SSSR count). The van der Waals surface area contributed by atoms with Gasteiger partial charge in [-0.2, -0.15) is 0 Å². The Kier molecular flexibility index (Phi) is 2.52. The molecule has 0 aliphatic carbocycles. The first-order valence-corrected chi connectivity index (χ1v) is 3.81. The summed E-state index contributed by atoms with van der Waals surface area (Å²) in [4.78, 5) is 0. The maximum absolute atomic E-state index is 12.4. The SMILES string of the molecule is CC(N)(c1ccc(O)cc1)C(F)F. The zero-order valence-electron chi connectivity index (χ0n) is 7.17. The van der Waals surface area contributed by atoms with Gasteiger partial charge in [0.2, 0.25) is 0 Å². The third kappa shape index (κ3) is 1.95. The predicted octanol–water partition coefficient (Wildman–Crippen LogP) is 1.83. The molecule has 1 aromatic carbocycles. The zero-order chi connectivity index (χ0) is 10.1. The van der Waals surface area contributed by atoms with Crippen molar-refractivity contribution in [3.05, 3.63) is 29.8 Å². The van der Waals surface area contributed by atoms with Crippen LogP contribution >= 0.6 is 0 Å². The number of hydrogen-bond acceptors (Lipinski definition) is 2. The van der Waals surface area contributed by atoms with Crippen molar-refractivity contribution in [2.45, 2.75) is 18.9 Å². The Balaban J connectivity index is 3.01.